The standard InChI is InChI=1S/C26H30Cl2N7O3/c1-36-24-11-19-14-30-17-34(32-20-4-5-21(27)22(28)12-20)23(19)13-25(24)38-18-35(7-9-37-10-8-35)26-3-2-6-33(26)16-31-15-29/h4-5,11-13,16-17,26,32H,2-3,6-10,14,18H2,1H3/q+1. The van der Waals surface area contributed by atoms with Crippen molar-refractivity contribution in [2.24, 2.45) is 9.98 Å². The number of anilines is 2. The number of rotatable bonds is 8. The minimum absolute atomic E-state index is 0.166. The van der Waals surface area contributed by atoms with Crippen LogP contribution < -0.4 is 19.9 Å². The molecule has 0 aromatic heterocycles. The van der Waals surface area contributed by atoms with Gasteiger partial charge in [0.2, 0.25) is 12.9 Å². The number of nitriles is 1. The quantitative estimate of drug-likeness (QED) is 0.220. The number of hydrogen-bond donors (Lipinski definition) is 1. The Morgan fingerprint density at radius 2 is 2.08 bits per heavy atom. The van der Waals surface area contributed by atoms with E-state index in [4.69, 9.17) is 42.7 Å². The molecule has 0 bridgehead atoms. The average molecular weight is 559 g/mol. The van der Waals surface area contributed by atoms with Crippen molar-refractivity contribution in [3.05, 3.63) is 45.9 Å². The van der Waals surface area contributed by atoms with E-state index in [-0.39, 0.29) is 6.17 Å². The molecule has 3 heterocycles. The van der Waals surface area contributed by atoms with Gasteiger partial charge >= 0.3 is 0 Å². The van der Waals surface area contributed by atoms with E-state index in [0.717, 1.165) is 49.4 Å². The van der Waals surface area contributed by atoms with Crippen molar-refractivity contribution >= 4 is 47.3 Å². The van der Waals surface area contributed by atoms with E-state index in [2.05, 4.69) is 20.3 Å². The molecule has 200 valence electrons. The lowest BCUT2D eigenvalue weighted by Crippen LogP contribution is -2.65. The number of nitrogens with zero attached hydrogens (tertiary/aromatic N) is 6. The topological polar surface area (TPSA) is 94.7 Å². The number of ether oxygens (including phenoxy) is 3. The first-order valence-electron chi connectivity index (χ1n) is 12.5. The molecule has 5 rings (SSSR count). The summed E-state index contributed by atoms with van der Waals surface area (Å²) in [7, 11) is 1.64. The molecule has 2 aromatic carbocycles. The van der Waals surface area contributed by atoms with Crippen LogP contribution in [0.25, 0.3) is 0 Å². The normalized spacial score (nSPS) is 20.3. The van der Waals surface area contributed by atoms with E-state index in [1.54, 1.807) is 31.9 Å². The summed E-state index contributed by atoms with van der Waals surface area (Å²) in [6, 6.07) is 9.31. The molecular weight excluding hydrogens is 529 g/mol. The summed E-state index contributed by atoms with van der Waals surface area (Å²) in [5.41, 5.74) is 6.00. The third kappa shape index (κ3) is 5.47. The van der Waals surface area contributed by atoms with Crippen LogP contribution in [0.3, 0.4) is 0 Å². The zero-order chi connectivity index (χ0) is 26.5. The Morgan fingerprint density at radius 3 is 2.84 bits per heavy atom. The molecule has 0 spiro atoms. The predicted molar refractivity (Wildman–Crippen MR) is 148 cm³/mol. The van der Waals surface area contributed by atoms with Crippen LogP contribution in [0.1, 0.15) is 18.4 Å². The second-order valence-electron chi connectivity index (χ2n) is 9.46. The van der Waals surface area contributed by atoms with Gasteiger partial charge in [-0.3, -0.25) is 14.9 Å². The minimum atomic E-state index is 0.166. The van der Waals surface area contributed by atoms with E-state index >= 15 is 0 Å². The highest BCUT2D eigenvalue weighted by Gasteiger charge is 2.44. The molecule has 1 atom stereocenters. The Kier molecular flexibility index (Phi) is 8.09. The second kappa shape index (κ2) is 11.7. The van der Waals surface area contributed by atoms with Crippen LogP contribution in [0.2, 0.25) is 10.0 Å². The molecule has 0 radical (unpaired) electrons. The molecule has 3 aliphatic rings. The number of quaternary nitrogens is 1. The van der Waals surface area contributed by atoms with Gasteiger partial charge in [0, 0.05) is 24.6 Å². The van der Waals surface area contributed by atoms with Gasteiger partial charge in [0.05, 0.1) is 48.3 Å². The van der Waals surface area contributed by atoms with Crippen molar-refractivity contribution in [3.63, 3.8) is 0 Å². The lowest BCUT2D eigenvalue weighted by atomic mass is 10.1. The maximum atomic E-state index is 8.97. The monoisotopic (exact) mass is 558 g/mol. The lowest BCUT2D eigenvalue weighted by molar-refractivity contribution is -0.977. The molecule has 38 heavy (non-hydrogen) atoms. The number of hydrogen-bond acceptors (Lipinski definition) is 8. The van der Waals surface area contributed by atoms with Crippen LogP contribution in [-0.2, 0) is 11.3 Å². The summed E-state index contributed by atoms with van der Waals surface area (Å²) in [6.07, 6.45) is 7.48. The van der Waals surface area contributed by atoms with Crippen molar-refractivity contribution in [1.82, 2.24) is 4.90 Å². The summed E-state index contributed by atoms with van der Waals surface area (Å²) in [4.78, 5) is 10.5. The van der Waals surface area contributed by atoms with E-state index < -0.39 is 0 Å². The lowest BCUT2D eigenvalue weighted by Gasteiger charge is -2.47. The maximum Gasteiger partial charge on any atom is 0.225 e. The number of nitrogens with one attached hydrogen (secondary N) is 1. The fraction of sp³-hybridized carbons (Fsp3) is 0.423. The molecular formula is C26H30Cl2N7O3+. The molecule has 0 amide bonds. The van der Waals surface area contributed by atoms with Crippen LogP contribution >= 0.6 is 23.2 Å². The van der Waals surface area contributed by atoms with Crippen LogP contribution in [-0.4, -0.2) is 74.9 Å². The number of halogens is 2. The van der Waals surface area contributed by atoms with Gasteiger partial charge in [0.25, 0.3) is 0 Å². The zero-order valence-electron chi connectivity index (χ0n) is 21.1. The van der Waals surface area contributed by atoms with Gasteiger partial charge in [0.1, 0.15) is 25.8 Å². The van der Waals surface area contributed by atoms with Gasteiger partial charge in [0.15, 0.2) is 17.7 Å². The Morgan fingerprint density at radius 1 is 1.24 bits per heavy atom. The molecule has 0 saturated carbocycles. The third-order valence-corrected chi connectivity index (χ3v) is 7.99. The molecule has 3 aliphatic heterocycles. The fourth-order valence-corrected chi connectivity index (χ4v) is 5.60. The first kappa shape index (κ1) is 26.4. The molecule has 1 unspecified atom stereocenters. The summed E-state index contributed by atoms with van der Waals surface area (Å²) in [5, 5.41) is 11.8. The smallest absolute Gasteiger partial charge is 0.225 e. The summed E-state index contributed by atoms with van der Waals surface area (Å²) in [6.45, 7) is 4.77. The van der Waals surface area contributed by atoms with Crippen molar-refractivity contribution in [3.8, 4) is 17.7 Å². The predicted octanol–water partition coefficient (Wildman–Crippen LogP) is 4.49. The van der Waals surface area contributed by atoms with Crippen molar-refractivity contribution in [2.75, 3.05) is 57.1 Å². The van der Waals surface area contributed by atoms with Crippen molar-refractivity contribution < 1.29 is 18.7 Å². The molecule has 2 aromatic rings. The molecule has 2 fully saturated rings. The Hall–Kier alpha value is -3.23. The Labute approximate surface area is 232 Å². The number of likely N-dealkylation sites (tertiary alicyclic amines) is 1. The number of aliphatic imine (C=N–C) groups is 2. The number of benzene rings is 2. The number of hydrazine groups is 1. The van der Waals surface area contributed by atoms with Crippen molar-refractivity contribution in [2.45, 2.75) is 25.6 Å². The van der Waals surface area contributed by atoms with E-state index in [0.29, 0.717) is 52.5 Å². The van der Waals surface area contributed by atoms with Gasteiger partial charge in [-0.25, -0.2) is 5.01 Å². The highest BCUT2D eigenvalue weighted by molar-refractivity contribution is 6.42. The van der Waals surface area contributed by atoms with E-state index in [1.165, 1.54) is 0 Å². The van der Waals surface area contributed by atoms with Crippen LogP contribution in [0.4, 0.5) is 11.4 Å². The second-order valence-corrected chi connectivity index (χ2v) is 10.3. The van der Waals surface area contributed by atoms with Gasteiger partial charge < -0.3 is 19.1 Å². The van der Waals surface area contributed by atoms with Gasteiger partial charge in [-0.15, -0.1) is 0 Å². The Balaban J connectivity index is 1.41. The SMILES string of the molecule is COc1cc2c(cc1OC[N+]1(C3CCCN3C=NC#N)CCOCC1)N(Nc1ccc(Cl)c(Cl)c1)C=NC2. The van der Waals surface area contributed by atoms with Crippen LogP contribution in [0, 0.1) is 11.5 Å². The Bertz CT molecular complexity index is 1260. The number of fused-ring (bicyclic) bond motifs is 1. The first-order valence-corrected chi connectivity index (χ1v) is 13.2. The molecule has 2 saturated heterocycles. The van der Waals surface area contributed by atoms with Crippen molar-refractivity contribution in [1.29, 1.82) is 5.26 Å². The van der Waals surface area contributed by atoms with Gasteiger partial charge in [-0.1, -0.05) is 23.2 Å². The summed E-state index contributed by atoms with van der Waals surface area (Å²) >= 11 is 12.3. The maximum absolute atomic E-state index is 8.97. The van der Waals surface area contributed by atoms with E-state index in [9.17, 15) is 0 Å². The van der Waals surface area contributed by atoms with Gasteiger partial charge in [-0.05, 0) is 30.7 Å². The highest BCUT2D eigenvalue weighted by Crippen LogP contribution is 2.38. The minimum Gasteiger partial charge on any atom is -0.493 e. The average Bonchev–Trinajstić information content (AvgIpc) is 3.42. The third-order valence-electron chi connectivity index (χ3n) is 7.25. The summed E-state index contributed by atoms with van der Waals surface area (Å²) in [5.74, 6) is 1.29. The zero-order valence-corrected chi connectivity index (χ0v) is 22.7. The number of morpholine rings is 1. The summed E-state index contributed by atoms with van der Waals surface area (Å²) < 4.78 is 18.7. The van der Waals surface area contributed by atoms with Crippen LogP contribution in [0.15, 0.2) is 40.3 Å². The fourth-order valence-electron chi connectivity index (χ4n) is 5.30. The molecule has 1 N–H and O–H groups in total. The number of methoxy groups -OCH3 is 1. The molecule has 12 heteroatoms. The highest BCUT2D eigenvalue weighted by atomic mass is 35.5. The van der Waals surface area contributed by atoms with Gasteiger partial charge in [-0.2, -0.15) is 10.3 Å². The largest absolute Gasteiger partial charge is 0.493 e. The van der Waals surface area contributed by atoms with Crippen LogP contribution in [0.5, 0.6) is 11.5 Å². The molecule has 10 nitrogen and oxygen atoms in total. The first-order chi connectivity index (χ1) is 18.5. The van der Waals surface area contributed by atoms with E-state index in [1.807, 2.05) is 29.4 Å². The molecule has 0 aliphatic carbocycles.